The SMILES string of the molecule is CCCN(CC(=O)CC)Sc1c(F)c(F)c(F)c(F)c1F. The summed E-state index contributed by atoms with van der Waals surface area (Å²) < 4.78 is 67.6. The van der Waals surface area contributed by atoms with Gasteiger partial charge in [0.05, 0.1) is 6.54 Å². The van der Waals surface area contributed by atoms with E-state index in [2.05, 4.69) is 0 Å². The highest BCUT2D eigenvalue weighted by molar-refractivity contribution is 7.97. The molecule has 0 unspecified atom stereocenters. The van der Waals surface area contributed by atoms with Gasteiger partial charge in [0.2, 0.25) is 5.82 Å². The molecule has 2 nitrogen and oxygen atoms in total. The first-order chi connectivity index (χ1) is 9.83. The van der Waals surface area contributed by atoms with Gasteiger partial charge in [0.15, 0.2) is 23.3 Å². The van der Waals surface area contributed by atoms with Gasteiger partial charge in [-0.25, -0.2) is 26.3 Å². The van der Waals surface area contributed by atoms with E-state index in [9.17, 15) is 26.7 Å². The topological polar surface area (TPSA) is 20.3 Å². The molecule has 0 fully saturated rings. The summed E-state index contributed by atoms with van der Waals surface area (Å²) in [5.74, 6) is -10.1. The van der Waals surface area contributed by atoms with Crippen LogP contribution in [-0.4, -0.2) is 23.2 Å². The Morgan fingerprint density at radius 2 is 1.43 bits per heavy atom. The van der Waals surface area contributed by atoms with Crippen molar-refractivity contribution in [2.75, 3.05) is 13.1 Å². The Kier molecular flexibility index (Phi) is 6.60. The molecule has 1 rings (SSSR count). The molecule has 0 heterocycles. The van der Waals surface area contributed by atoms with Gasteiger partial charge in [-0.1, -0.05) is 13.8 Å². The van der Waals surface area contributed by atoms with Crippen molar-refractivity contribution in [1.29, 1.82) is 0 Å². The first kappa shape index (κ1) is 17.9. The Labute approximate surface area is 123 Å². The van der Waals surface area contributed by atoms with E-state index in [0.717, 1.165) is 0 Å². The summed E-state index contributed by atoms with van der Waals surface area (Å²) >= 11 is 0.363. The number of Topliss-reactive ketones (excluding diaryl/α,β-unsaturated/α-hetero) is 1. The molecular weight excluding hydrogens is 313 g/mol. The monoisotopic (exact) mass is 327 g/mol. The Morgan fingerprint density at radius 1 is 0.952 bits per heavy atom. The lowest BCUT2D eigenvalue weighted by atomic mass is 10.3. The van der Waals surface area contributed by atoms with E-state index >= 15 is 0 Å². The molecule has 0 N–H and O–H groups in total. The molecule has 0 aliphatic carbocycles. The maximum atomic E-state index is 13.6. The molecule has 0 spiro atoms. The maximum Gasteiger partial charge on any atom is 0.200 e. The summed E-state index contributed by atoms with van der Waals surface area (Å²) in [6.45, 7) is 3.53. The summed E-state index contributed by atoms with van der Waals surface area (Å²) in [5, 5.41) is 0. The number of carbonyl (C=O) groups excluding carboxylic acids is 1. The number of rotatable bonds is 7. The van der Waals surface area contributed by atoms with Crippen molar-refractivity contribution in [3.8, 4) is 0 Å². The van der Waals surface area contributed by atoms with Gasteiger partial charge in [-0.05, 0) is 18.4 Å². The Morgan fingerprint density at radius 3 is 1.86 bits per heavy atom. The molecule has 0 atom stereocenters. The molecule has 8 heteroatoms. The molecule has 0 saturated carbocycles. The fourth-order valence-corrected chi connectivity index (χ4v) is 2.59. The van der Waals surface area contributed by atoms with Crippen LogP contribution >= 0.6 is 11.9 Å². The molecule has 0 aliphatic heterocycles. The zero-order chi connectivity index (χ0) is 16.2. The normalized spacial score (nSPS) is 11.2. The van der Waals surface area contributed by atoms with Crippen LogP contribution in [0.5, 0.6) is 0 Å². The van der Waals surface area contributed by atoms with Crippen molar-refractivity contribution in [3.63, 3.8) is 0 Å². The number of benzene rings is 1. The van der Waals surface area contributed by atoms with Crippen LogP contribution in [0.3, 0.4) is 0 Å². The summed E-state index contributed by atoms with van der Waals surface area (Å²) in [4.78, 5) is 10.4. The second kappa shape index (κ2) is 7.74. The lowest BCUT2D eigenvalue weighted by Crippen LogP contribution is -2.24. The van der Waals surface area contributed by atoms with E-state index in [4.69, 9.17) is 0 Å². The summed E-state index contributed by atoms with van der Waals surface area (Å²) in [5.41, 5.74) is 0. The first-order valence-corrected chi connectivity index (χ1v) is 7.06. The minimum absolute atomic E-state index is 0.130. The largest absolute Gasteiger partial charge is 0.298 e. The quantitative estimate of drug-likeness (QED) is 0.326. The fraction of sp³-hybridized carbons (Fsp3) is 0.462. The van der Waals surface area contributed by atoms with Crippen LogP contribution in [0, 0.1) is 29.1 Å². The van der Waals surface area contributed by atoms with Gasteiger partial charge in [-0.15, -0.1) is 0 Å². The van der Waals surface area contributed by atoms with Crippen molar-refractivity contribution < 1.29 is 26.7 Å². The zero-order valence-electron chi connectivity index (χ0n) is 11.5. The van der Waals surface area contributed by atoms with Gasteiger partial charge in [0.25, 0.3) is 0 Å². The highest BCUT2D eigenvalue weighted by atomic mass is 32.2. The lowest BCUT2D eigenvalue weighted by Gasteiger charge is -2.20. The number of hydrogen-bond acceptors (Lipinski definition) is 3. The van der Waals surface area contributed by atoms with Gasteiger partial charge in [0, 0.05) is 13.0 Å². The third-order valence-corrected chi connectivity index (χ3v) is 3.72. The summed E-state index contributed by atoms with van der Waals surface area (Å²) in [7, 11) is 0. The highest BCUT2D eigenvalue weighted by Gasteiger charge is 2.27. The van der Waals surface area contributed by atoms with Crippen LogP contribution in [0.2, 0.25) is 0 Å². The van der Waals surface area contributed by atoms with Gasteiger partial charge in [-0.3, -0.25) is 4.79 Å². The van der Waals surface area contributed by atoms with Crippen molar-refractivity contribution in [2.45, 2.75) is 31.6 Å². The molecule has 0 aliphatic rings. The third kappa shape index (κ3) is 4.16. The Hall–Kier alpha value is -1.15. The molecule has 0 amide bonds. The second-order valence-corrected chi connectivity index (χ2v) is 5.35. The zero-order valence-corrected chi connectivity index (χ0v) is 12.3. The molecule has 0 radical (unpaired) electrons. The van der Waals surface area contributed by atoms with Gasteiger partial charge in [0.1, 0.15) is 10.7 Å². The Bertz CT molecular complexity index is 509. The van der Waals surface area contributed by atoms with Crippen molar-refractivity contribution in [1.82, 2.24) is 4.31 Å². The average Bonchev–Trinajstić information content (AvgIpc) is 2.47. The minimum Gasteiger partial charge on any atom is -0.298 e. The predicted octanol–water partition coefficient (Wildman–Crippen LogP) is 4.08. The summed E-state index contributed by atoms with van der Waals surface area (Å²) in [6.07, 6.45) is 0.775. The number of nitrogens with zero attached hydrogens (tertiary/aromatic N) is 1. The van der Waals surface area contributed by atoms with E-state index in [1.54, 1.807) is 13.8 Å². The smallest absolute Gasteiger partial charge is 0.200 e. The van der Waals surface area contributed by atoms with E-state index in [0.29, 0.717) is 18.4 Å². The summed E-state index contributed by atoms with van der Waals surface area (Å²) in [6, 6.07) is 0. The number of hydrogen-bond donors (Lipinski definition) is 0. The molecule has 21 heavy (non-hydrogen) atoms. The van der Waals surface area contributed by atoms with E-state index < -0.39 is 34.0 Å². The minimum atomic E-state index is -2.19. The van der Waals surface area contributed by atoms with Crippen LogP contribution in [-0.2, 0) is 4.79 Å². The first-order valence-electron chi connectivity index (χ1n) is 6.29. The predicted molar refractivity (Wildman–Crippen MR) is 69.3 cm³/mol. The lowest BCUT2D eigenvalue weighted by molar-refractivity contribution is -0.118. The third-order valence-electron chi connectivity index (χ3n) is 2.61. The van der Waals surface area contributed by atoms with Crippen LogP contribution in [0.1, 0.15) is 26.7 Å². The molecule has 1 aromatic rings. The van der Waals surface area contributed by atoms with Crippen LogP contribution in [0.4, 0.5) is 22.0 Å². The van der Waals surface area contributed by atoms with Crippen LogP contribution in [0.25, 0.3) is 0 Å². The average molecular weight is 327 g/mol. The van der Waals surface area contributed by atoms with Crippen molar-refractivity contribution in [3.05, 3.63) is 29.1 Å². The van der Waals surface area contributed by atoms with E-state index in [1.807, 2.05) is 0 Å². The highest BCUT2D eigenvalue weighted by Crippen LogP contribution is 2.32. The molecule has 0 saturated heterocycles. The number of carbonyl (C=O) groups is 1. The fourth-order valence-electron chi connectivity index (χ4n) is 1.51. The molecule has 0 bridgehead atoms. The van der Waals surface area contributed by atoms with Crippen molar-refractivity contribution in [2.24, 2.45) is 0 Å². The van der Waals surface area contributed by atoms with Crippen LogP contribution < -0.4 is 0 Å². The molecule has 0 aromatic heterocycles. The van der Waals surface area contributed by atoms with Crippen LogP contribution in [0.15, 0.2) is 4.90 Å². The molecular formula is C13H14F5NOS. The number of halogens is 5. The van der Waals surface area contributed by atoms with Gasteiger partial charge >= 0.3 is 0 Å². The number of ketones is 1. The standard InChI is InChI=1S/C13H14F5NOS/c1-3-5-19(6-7(20)4-2)21-13-11(17)9(15)8(14)10(16)12(13)18/h3-6H2,1-2H3. The van der Waals surface area contributed by atoms with E-state index in [-0.39, 0.29) is 25.3 Å². The van der Waals surface area contributed by atoms with E-state index in [1.165, 1.54) is 4.31 Å². The molecule has 1 aromatic carbocycles. The second-order valence-electron chi connectivity index (χ2n) is 4.25. The van der Waals surface area contributed by atoms with Gasteiger partial charge in [-0.2, -0.15) is 0 Å². The molecule has 118 valence electrons. The Balaban J connectivity index is 3.12. The van der Waals surface area contributed by atoms with Crippen molar-refractivity contribution >= 4 is 17.7 Å². The van der Waals surface area contributed by atoms with Gasteiger partial charge < -0.3 is 0 Å². The maximum absolute atomic E-state index is 13.6.